The maximum atomic E-state index is 13.6. The minimum atomic E-state index is -0.316. The van der Waals surface area contributed by atoms with Gasteiger partial charge in [-0.05, 0) is 55.2 Å². The van der Waals surface area contributed by atoms with Crippen LogP contribution in [0.15, 0.2) is 53.5 Å². The first-order valence-electron chi connectivity index (χ1n) is 10.3. The molecule has 1 fully saturated rings. The standard InChI is InChI=1S/C23H28F2N4O/c1-2-26-22(29-16-23(10-11-23)18-4-3-5-20(25)15-18)28-13-12-27-21(30)14-17-6-8-19(24)9-7-17/h3-9,15H,2,10-14,16H2,1H3,(H,27,30)(H2,26,28,29). The van der Waals surface area contributed by atoms with Gasteiger partial charge in [-0.15, -0.1) is 0 Å². The van der Waals surface area contributed by atoms with Crippen LogP contribution < -0.4 is 16.0 Å². The minimum absolute atomic E-state index is 0.0756. The Bertz CT molecular complexity index is 879. The molecule has 1 aliphatic carbocycles. The van der Waals surface area contributed by atoms with Crippen molar-refractivity contribution in [3.63, 3.8) is 0 Å². The largest absolute Gasteiger partial charge is 0.357 e. The van der Waals surface area contributed by atoms with E-state index in [-0.39, 0.29) is 29.4 Å². The Morgan fingerprint density at radius 1 is 1.00 bits per heavy atom. The first-order chi connectivity index (χ1) is 14.5. The zero-order chi connectivity index (χ0) is 21.4. The zero-order valence-electron chi connectivity index (χ0n) is 17.2. The summed E-state index contributed by atoms with van der Waals surface area (Å²) < 4.78 is 26.5. The Balaban J connectivity index is 1.45. The number of nitrogens with one attached hydrogen (secondary N) is 3. The predicted molar refractivity (Wildman–Crippen MR) is 114 cm³/mol. The number of guanidine groups is 1. The number of carbonyl (C=O) groups is 1. The fourth-order valence-electron chi connectivity index (χ4n) is 3.31. The molecule has 5 nitrogen and oxygen atoms in total. The van der Waals surface area contributed by atoms with Crippen molar-refractivity contribution in [3.8, 4) is 0 Å². The third-order valence-electron chi connectivity index (χ3n) is 5.19. The number of carbonyl (C=O) groups excluding carboxylic acids is 1. The highest BCUT2D eigenvalue weighted by atomic mass is 19.1. The number of hydrogen-bond donors (Lipinski definition) is 3. The maximum Gasteiger partial charge on any atom is 0.224 e. The van der Waals surface area contributed by atoms with Crippen molar-refractivity contribution in [2.24, 2.45) is 4.99 Å². The van der Waals surface area contributed by atoms with Crippen LogP contribution in [-0.2, 0) is 16.6 Å². The molecule has 3 N–H and O–H groups in total. The highest BCUT2D eigenvalue weighted by molar-refractivity contribution is 5.80. The van der Waals surface area contributed by atoms with Crippen molar-refractivity contribution < 1.29 is 13.6 Å². The third-order valence-corrected chi connectivity index (χ3v) is 5.19. The molecule has 0 spiro atoms. The fraction of sp³-hybridized carbons (Fsp3) is 0.391. The van der Waals surface area contributed by atoms with Gasteiger partial charge in [-0.1, -0.05) is 24.3 Å². The highest BCUT2D eigenvalue weighted by Gasteiger charge is 2.44. The molecule has 0 bridgehead atoms. The number of amides is 1. The normalized spacial score (nSPS) is 14.8. The van der Waals surface area contributed by atoms with E-state index in [0.29, 0.717) is 25.6 Å². The van der Waals surface area contributed by atoms with Crippen molar-refractivity contribution in [3.05, 3.63) is 71.3 Å². The van der Waals surface area contributed by atoms with E-state index in [4.69, 9.17) is 0 Å². The van der Waals surface area contributed by atoms with Gasteiger partial charge in [0.25, 0.3) is 0 Å². The SMILES string of the molecule is CCNC(=NCC1(c2cccc(F)c2)CC1)NCCNC(=O)Cc1ccc(F)cc1. The van der Waals surface area contributed by atoms with Crippen LogP contribution in [0.25, 0.3) is 0 Å². The van der Waals surface area contributed by atoms with Gasteiger partial charge < -0.3 is 16.0 Å². The smallest absolute Gasteiger partial charge is 0.224 e. The van der Waals surface area contributed by atoms with Gasteiger partial charge in [0.2, 0.25) is 5.91 Å². The number of halogens is 2. The average Bonchev–Trinajstić information content (AvgIpc) is 3.52. The molecular formula is C23H28F2N4O. The summed E-state index contributed by atoms with van der Waals surface area (Å²) in [4.78, 5) is 16.7. The minimum Gasteiger partial charge on any atom is -0.357 e. The molecule has 0 radical (unpaired) electrons. The molecule has 160 valence electrons. The molecule has 0 saturated heterocycles. The lowest BCUT2D eigenvalue weighted by molar-refractivity contribution is -0.120. The first-order valence-corrected chi connectivity index (χ1v) is 10.3. The van der Waals surface area contributed by atoms with Gasteiger partial charge in [0.1, 0.15) is 11.6 Å². The molecule has 1 amide bonds. The number of aliphatic imine (C=N–C) groups is 1. The first kappa shape index (κ1) is 21.7. The van der Waals surface area contributed by atoms with Gasteiger partial charge in [0.05, 0.1) is 13.0 Å². The van der Waals surface area contributed by atoms with Gasteiger partial charge in [-0.2, -0.15) is 0 Å². The summed E-state index contributed by atoms with van der Waals surface area (Å²) in [5.41, 5.74) is 1.69. The van der Waals surface area contributed by atoms with E-state index in [9.17, 15) is 13.6 Å². The highest BCUT2D eigenvalue weighted by Crippen LogP contribution is 2.48. The molecule has 7 heteroatoms. The van der Waals surface area contributed by atoms with Crippen molar-refractivity contribution in [1.29, 1.82) is 0 Å². The van der Waals surface area contributed by atoms with Crippen LogP contribution in [0.4, 0.5) is 8.78 Å². The number of hydrogen-bond acceptors (Lipinski definition) is 2. The maximum absolute atomic E-state index is 13.6. The zero-order valence-corrected chi connectivity index (χ0v) is 17.2. The van der Waals surface area contributed by atoms with Crippen LogP contribution in [0.3, 0.4) is 0 Å². The molecule has 1 aliphatic rings. The van der Waals surface area contributed by atoms with E-state index < -0.39 is 0 Å². The second-order valence-electron chi connectivity index (χ2n) is 7.57. The van der Waals surface area contributed by atoms with E-state index in [1.165, 1.54) is 18.2 Å². The van der Waals surface area contributed by atoms with Gasteiger partial charge in [0.15, 0.2) is 5.96 Å². The number of nitrogens with zero attached hydrogens (tertiary/aromatic N) is 1. The lowest BCUT2D eigenvalue weighted by Gasteiger charge is -2.16. The van der Waals surface area contributed by atoms with Crippen LogP contribution in [0.5, 0.6) is 0 Å². The van der Waals surface area contributed by atoms with E-state index in [1.807, 2.05) is 13.0 Å². The van der Waals surface area contributed by atoms with E-state index >= 15 is 0 Å². The van der Waals surface area contributed by atoms with Gasteiger partial charge in [-0.3, -0.25) is 9.79 Å². The molecule has 1 saturated carbocycles. The summed E-state index contributed by atoms with van der Waals surface area (Å²) in [6.45, 7) is 4.26. The Hall–Kier alpha value is -2.96. The van der Waals surface area contributed by atoms with E-state index in [0.717, 1.165) is 30.5 Å². The summed E-state index contributed by atoms with van der Waals surface area (Å²) in [5, 5.41) is 9.25. The third kappa shape index (κ3) is 6.27. The summed E-state index contributed by atoms with van der Waals surface area (Å²) >= 11 is 0. The van der Waals surface area contributed by atoms with Gasteiger partial charge in [0, 0.05) is 25.0 Å². The van der Waals surface area contributed by atoms with Crippen molar-refractivity contribution in [2.45, 2.75) is 31.6 Å². The lowest BCUT2D eigenvalue weighted by Crippen LogP contribution is -2.42. The lowest BCUT2D eigenvalue weighted by atomic mass is 9.96. The van der Waals surface area contributed by atoms with Crippen molar-refractivity contribution >= 4 is 11.9 Å². The summed E-state index contributed by atoms with van der Waals surface area (Å²) in [5.74, 6) is 0.0227. The van der Waals surface area contributed by atoms with Crippen molar-refractivity contribution in [1.82, 2.24) is 16.0 Å². The van der Waals surface area contributed by atoms with Crippen molar-refractivity contribution in [2.75, 3.05) is 26.2 Å². The van der Waals surface area contributed by atoms with Crippen LogP contribution in [-0.4, -0.2) is 38.0 Å². The number of rotatable bonds is 9. The molecule has 0 unspecified atom stereocenters. The predicted octanol–water partition coefficient (Wildman–Crippen LogP) is 2.91. The molecule has 0 aliphatic heterocycles. The Labute approximate surface area is 176 Å². The topological polar surface area (TPSA) is 65.5 Å². The molecule has 2 aromatic rings. The molecule has 0 atom stereocenters. The van der Waals surface area contributed by atoms with Gasteiger partial charge in [-0.25, -0.2) is 8.78 Å². The Kier molecular flexibility index (Phi) is 7.38. The second kappa shape index (κ2) is 10.2. The molecule has 0 heterocycles. The van der Waals surface area contributed by atoms with Crippen LogP contribution in [0.2, 0.25) is 0 Å². The van der Waals surface area contributed by atoms with Gasteiger partial charge >= 0.3 is 0 Å². The van der Waals surface area contributed by atoms with Crippen LogP contribution in [0.1, 0.15) is 30.9 Å². The summed E-state index contributed by atoms with van der Waals surface area (Å²) in [7, 11) is 0. The van der Waals surface area contributed by atoms with Crippen LogP contribution in [0, 0.1) is 11.6 Å². The molecule has 2 aromatic carbocycles. The Morgan fingerprint density at radius 3 is 2.40 bits per heavy atom. The van der Waals surface area contributed by atoms with E-state index in [2.05, 4.69) is 20.9 Å². The fourth-order valence-corrected chi connectivity index (χ4v) is 3.31. The molecule has 0 aromatic heterocycles. The molecular weight excluding hydrogens is 386 g/mol. The molecule has 30 heavy (non-hydrogen) atoms. The Morgan fingerprint density at radius 2 is 1.73 bits per heavy atom. The van der Waals surface area contributed by atoms with Crippen LogP contribution >= 0.6 is 0 Å². The second-order valence-corrected chi connectivity index (χ2v) is 7.57. The monoisotopic (exact) mass is 414 g/mol. The number of benzene rings is 2. The molecule has 3 rings (SSSR count). The summed E-state index contributed by atoms with van der Waals surface area (Å²) in [6, 6.07) is 12.7. The average molecular weight is 415 g/mol. The van der Waals surface area contributed by atoms with E-state index in [1.54, 1.807) is 24.3 Å². The summed E-state index contributed by atoms with van der Waals surface area (Å²) in [6.07, 6.45) is 2.21. The quantitative estimate of drug-likeness (QED) is 0.336.